The molecule has 19 heavy (non-hydrogen) atoms. The number of aromatic hydroxyl groups is 1. The van der Waals surface area contributed by atoms with Crippen LogP contribution in [0.15, 0.2) is 42.5 Å². The van der Waals surface area contributed by atoms with Crippen molar-refractivity contribution >= 4 is 11.6 Å². The highest BCUT2D eigenvalue weighted by molar-refractivity contribution is 6.32. The van der Waals surface area contributed by atoms with Gasteiger partial charge in [-0.2, -0.15) is 0 Å². The summed E-state index contributed by atoms with van der Waals surface area (Å²) in [6.45, 7) is 1.29. The number of benzene rings is 2. The van der Waals surface area contributed by atoms with E-state index in [1.54, 1.807) is 13.2 Å². The second-order valence-corrected chi connectivity index (χ2v) is 4.61. The Hall–Kier alpha value is -1.71. The summed E-state index contributed by atoms with van der Waals surface area (Å²) in [7, 11) is 1.65. The minimum absolute atomic E-state index is 0.145. The molecule has 100 valence electrons. The molecule has 2 aromatic rings. The van der Waals surface area contributed by atoms with Crippen LogP contribution in [-0.4, -0.2) is 12.2 Å². The molecule has 2 aromatic carbocycles. The van der Waals surface area contributed by atoms with Crippen LogP contribution in [0, 0.1) is 0 Å². The average molecular weight is 278 g/mol. The molecule has 0 aliphatic heterocycles. The first-order valence-corrected chi connectivity index (χ1v) is 6.38. The number of ether oxygens (including phenoxy) is 1. The zero-order valence-electron chi connectivity index (χ0n) is 10.7. The molecule has 0 spiro atoms. The Morgan fingerprint density at radius 1 is 1.11 bits per heavy atom. The van der Waals surface area contributed by atoms with Crippen molar-refractivity contribution in [1.29, 1.82) is 0 Å². The smallest absolute Gasteiger partial charge is 0.138 e. The predicted molar refractivity (Wildman–Crippen MR) is 76.7 cm³/mol. The van der Waals surface area contributed by atoms with Crippen molar-refractivity contribution < 1.29 is 9.84 Å². The van der Waals surface area contributed by atoms with Gasteiger partial charge in [0.25, 0.3) is 0 Å². The number of rotatable bonds is 5. The summed E-state index contributed by atoms with van der Waals surface area (Å²) < 4.78 is 5.10. The molecule has 0 atom stereocenters. The Balaban J connectivity index is 1.90. The van der Waals surface area contributed by atoms with Gasteiger partial charge < -0.3 is 15.2 Å². The highest BCUT2D eigenvalue weighted by Crippen LogP contribution is 2.26. The largest absolute Gasteiger partial charge is 0.506 e. The van der Waals surface area contributed by atoms with Gasteiger partial charge >= 0.3 is 0 Å². The number of para-hydroxylation sites is 1. The normalized spacial score (nSPS) is 10.4. The third-order valence-electron chi connectivity index (χ3n) is 2.87. The maximum absolute atomic E-state index is 9.77. The van der Waals surface area contributed by atoms with Crippen LogP contribution >= 0.6 is 11.6 Å². The van der Waals surface area contributed by atoms with E-state index in [9.17, 15) is 5.11 Å². The summed E-state index contributed by atoms with van der Waals surface area (Å²) in [5.41, 5.74) is 1.95. The van der Waals surface area contributed by atoms with E-state index in [1.165, 1.54) is 0 Å². The second-order valence-electron chi connectivity index (χ2n) is 4.20. The van der Waals surface area contributed by atoms with Gasteiger partial charge in [-0.3, -0.25) is 0 Å². The Morgan fingerprint density at radius 2 is 1.84 bits per heavy atom. The van der Waals surface area contributed by atoms with Gasteiger partial charge in [0.15, 0.2) is 0 Å². The lowest BCUT2D eigenvalue weighted by atomic mass is 10.2. The Labute approximate surface area is 117 Å². The average Bonchev–Trinajstić information content (AvgIpc) is 2.44. The molecule has 0 unspecified atom stereocenters. The fraction of sp³-hybridized carbons (Fsp3) is 0.200. The molecule has 0 aliphatic carbocycles. The molecule has 0 heterocycles. The first-order valence-electron chi connectivity index (χ1n) is 6.00. The molecular formula is C15H16ClNO2. The van der Waals surface area contributed by atoms with Crippen LogP contribution in [0.3, 0.4) is 0 Å². The molecular weight excluding hydrogens is 262 g/mol. The molecule has 0 aromatic heterocycles. The van der Waals surface area contributed by atoms with Gasteiger partial charge in [0.1, 0.15) is 11.5 Å². The van der Waals surface area contributed by atoms with E-state index in [0.717, 1.165) is 23.4 Å². The Bertz CT molecular complexity index is 540. The number of hydrogen-bond acceptors (Lipinski definition) is 3. The van der Waals surface area contributed by atoms with Crippen molar-refractivity contribution in [2.45, 2.75) is 13.1 Å². The minimum Gasteiger partial charge on any atom is -0.506 e. The lowest BCUT2D eigenvalue weighted by Crippen LogP contribution is -2.12. The van der Waals surface area contributed by atoms with Gasteiger partial charge in [0.05, 0.1) is 12.1 Å². The van der Waals surface area contributed by atoms with Crippen molar-refractivity contribution in [2.75, 3.05) is 7.11 Å². The fourth-order valence-electron chi connectivity index (χ4n) is 1.79. The lowest BCUT2D eigenvalue weighted by molar-refractivity contribution is 0.414. The molecule has 3 nitrogen and oxygen atoms in total. The molecule has 4 heteroatoms. The van der Waals surface area contributed by atoms with Crippen LogP contribution in [0.2, 0.25) is 5.02 Å². The van der Waals surface area contributed by atoms with Gasteiger partial charge in [-0.05, 0) is 23.8 Å². The van der Waals surface area contributed by atoms with E-state index in [4.69, 9.17) is 16.3 Å². The van der Waals surface area contributed by atoms with Crippen molar-refractivity contribution in [2.24, 2.45) is 0 Å². The predicted octanol–water partition coefficient (Wildman–Crippen LogP) is 3.34. The molecule has 0 saturated heterocycles. The summed E-state index contributed by atoms with van der Waals surface area (Å²) in [6.07, 6.45) is 0. The molecule has 0 aliphatic rings. The van der Waals surface area contributed by atoms with Crippen LogP contribution in [0.4, 0.5) is 0 Å². The van der Waals surface area contributed by atoms with E-state index < -0.39 is 0 Å². The van der Waals surface area contributed by atoms with E-state index in [-0.39, 0.29) is 5.75 Å². The number of phenols is 1. The molecule has 2 N–H and O–H groups in total. The van der Waals surface area contributed by atoms with Crippen LogP contribution in [0.1, 0.15) is 11.1 Å². The molecule has 2 rings (SSSR count). The Morgan fingerprint density at radius 3 is 2.53 bits per heavy atom. The van der Waals surface area contributed by atoms with E-state index in [1.807, 2.05) is 36.4 Å². The van der Waals surface area contributed by atoms with Crippen LogP contribution in [0.5, 0.6) is 11.5 Å². The molecule has 0 bridgehead atoms. The van der Waals surface area contributed by atoms with Gasteiger partial charge in [-0.25, -0.2) is 0 Å². The zero-order valence-corrected chi connectivity index (χ0v) is 11.4. The topological polar surface area (TPSA) is 41.5 Å². The zero-order chi connectivity index (χ0) is 13.7. The highest BCUT2D eigenvalue weighted by atomic mass is 35.5. The van der Waals surface area contributed by atoms with Crippen molar-refractivity contribution in [3.8, 4) is 11.5 Å². The van der Waals surface area contributed by atoms with Crippen molar-refractivity contribution in [3.05, 3.63) is 58.6 Å². The summed E-state index contributed by atoms with van der Waals surface area (Å²) in [5.74, 6) is 0.989. The third-order valence-corrected chi connectivity index (χ3v) is 3.18. The number of methoxy groups -OCH3 is 1. The molecule has 0 saturated carbocycles. The van der Waals surface area contributed by atoms with Gasteiger partial charge in [-0.15, -0.1) is 0 Å². The SMILES string of the molecule is COc1ccc(CNCc2cccc(Cl)c2O)cc1. The number of nitrogens with one attached hydrogen (secondary N) is 1. The van der Waals surface area contributed by atoms with Gasteiger partial charge in [0.2, 0.25) is 0 Å². The lowest BCUT2D eigenvalue weighted by Gasteiger charge is -2.08. The van der Waals surface area contributed by atoms with Gasteiger partial charge in [0, 0.05) is 18.7 Å². The number of phenolic OH excluding ortho intramolecular Hbond substituents is 1. The third kappa shape index (κ3) is 3.63. The maximum Gasteiger partial charge on any atom is 0.138 e. The van der Waals surface area contributed by atoms with E-state index in [0.29, 0.717) is 11.6 Å². The summed E-state index contributed by atoms with van der Waals surface area (Å²) >= 11 is 5.85. The maximum atomic E-state index is 9.77. The number of halogens is 1. The summed E-state index contributed by atoms with van der Waals surface area (Å²) in [4.78, 5) is 0. The standard InChI is InChI=1S/C15H16ClNO2/c1-19-13-7-5-11(6-8-13)9-17-10-12-3-2-4-14(16)15(12)18/h2-8,17-18H,9-10H2,1H3. The first kappa shape index (κ1) is 13.7. The monoisotopic (exact) mass is 277 g/mol. The minimum atomic E-state index is 0.145. The van der Waals surface area contributed by atoms with Crippen LogP contribution in [0.25, 0.3) is 0 Å². The Kier molecular flexibility index (Phi) is 4.66. The highest BCUT2D eigenvalue weighted by Gasteiger charge is 2.04. The molecule has 0 fully saturated rings. The van der Waals surface area contributed by atoms with E-state index in [2.05, 4.69) is 5.32 Å². The fourth-order valence-corrected chi connectivity index (χ4v) is 1.98. The summed E-state index contributed by atoms with van der Waals surface area (Å²) in [6, 6.07) is 13.2. The second kappa shape index (κ2) is 6.45. The van der Waals surface area contributed by atoms with Crippen LogP contribution < -0.4 is 10.1 Å². The van der Waals surface area contributed by atoms with Crippen LogP contribution in [-0.2, 0) is 13.1 Å². The quantitative estimate of drug-likeness (QED) is 0.881. The van der Waals surface area contributed by atoms with Crippen molar-refractivity contribution in [3.63, 3.8) is 0 Å². The van der Waals surface area contributed by atoms with Gasteiger partial charge in [-0.1, -0.05) is 35.9 Å². The molecule has 0 amide bonds. The first-order chi connectivity index (χ1) is 9.20. The number of hydrogen-bond donors (Lipinski definition) is 2. The van der Waals surface area contributed by atoms with E-state index >= 15 is 0 Å². The molecule has 0 radical (unpaired) electrons. The summed E-state index contributed by atoms with van der Waals surface area (Å²) in [5, 5.41) is 13.4. The van der Waals surface area contributed by atoms with Crippen molar-refractivity contribution in [1.82, 2.24) is 5.32 Å².